The topological polar surface area (TPSA) is 41.9 Å². The highest BCUT2D eigenvalue weighted by atomic mass is 16.5. The van der Waals surface area contributed by atoms with Crippen LogP contribution in [-0.4, -0.2) is 31.1 Å². The van der Waals surface area contributed by atoms with Gasteiger partial charge < -0.3 is 9.64 Å². The van der Waals surface area contributed by atoms with Gasteiger partial charge in [0.15, 0.2) is 0 Å². The molecule has 1 aromatic carbocycles. The molecule has 2 aliphatic rings. The molecule has 116 valence electrons. The number of benzene rings is 1. The van der Waals surface area contributed by atoms with Gasteiger partial charge in [0.25, 0.3) is 0 Å². The van der Waals surface area contributed by atoms with E-state index in [1.807, 2.05) is 6.08 Å². The average Bonchev–Trinajstić information content (AvgIpc) is 2.91. The fraction of sp³-hybridized carbons (Fsp3) is 0.444. The average molecular weight is 298 g/mol. The van der Waals surface area contributed by atoms with Gasteiger partial charge in [-0.2, -0.15) is 0 Å². The molecule has 1 aromatic rings. The Balaban J connectivity index is 2.12. The molecule has 0 N–H and O–H groups in total. The Labute approximate surface area is 130 Å². The monoisotopic (exact) mass is 298 g/mol. The number of methoxy groups -OCH3 is 1. The first-order valence-corrected chi connectivity index (χ1v) is 7.85. The zero-order chi connectivity index (χ0) is 15.7. The number of nitrogens with zero attached hydrogens (tertiary/aromatic N) is 2. The smallest absolute Gasteiger partial charge is 0.356 e. The SMILES string of the molecule is COC(=O)C(=C1C=c2cc(C)c(C)cc2=N1)N1CCCCC1. The van der Waals surface area contributed by atoms with Crippen LogP contribution in [0.2, 0.25) is 0 Å². The van der Waals surface area contributed by atoms with E-state index in [4.69, 9.17) is 4.74 Å². The van der Waals surface area contributed by atoms with Crippen molar-refractivity contribution >= 4 is 12.0 Å². The fourth-order valence-electron chi connectivity index (χ4n) is 3.08. The van der Waals surface area contributed by atoms with Crippen LogP contribution >= 0.6 is 0 Å². The predicted molar refractivity (Wildman–Crippen MR) is 85.6 cm³/mol. The summed E-state index contributed by atoms with van der Waals surface area (Å²) >= 11 is 0. The highest BCUT2D eigenvalue weighted by molar-refractivity contribution is 5.90. The number of allylic oxidation sites excluding steroid dienone is 1. The molecule has 0 aliphatic carbocycles. The third-order valence-corrected chi connectivity index (χ3v) is 4.47. The minimum Gasteiger partial charge on any atom is -0.464 e. The number of carbonyl (C=O) groups is 1. The zero-order valence-electron chi connectivity index (χ0n) is 13.5. The van der Waals surface area contributed by atoms with Crippen molar-refractivity contribution in [1.82, 2.24) is 4.90 Å². The molecular weight excluding hydrogens is 276 g/mol. The van der Waals surface area contributed by atoms with E-state index in [1.54, 1.807) is 0 Å². The van der Waals surface area contributed by atoms with Crippen molar-refractivity contribution < 1.29 is 9.53 Å². The second kappa shape index (κ2) is 5.95. The summed E-state index contributed by atoms with van der Waals surface area (Å²) in [5, 5.41) is 2.02. The van der Waals surface area contributed by atoms with Crippen molar-refractivity contribution in [2.24, 2.45) is 4.99 Å². The molecule has 1 fully saturated rings. The van der Waals surface area contributed by atoms with Gasteiger partial charge in [-0.3, -0.25) is 0 Å². The van der Waals surface area contributed by atoms with Crippen molar-refractivity contribution in [1.29, 1.82) is 0 Å². The van der Waals surface area contributed by atoms with Gasteiger partial charge in [0.05, 0.1) is 18.2 Å². The van der Waals surface area contributed by atoms with Crippen molar-refractivity contribution in [3.8, 4) is 0 Å². The number of hydrogen-bond donors (Lipinski definition) is 0. The second-order valence-corrected chi connectivity index (χ2v) is 6.02. The Morgan fingerprint density at radius 2 is 1.82 bits per heavy atom. The standard InChI is InChI=1S/C18H22N2O2/c1-12-9-14-11-16(19-15(14)10-13(12)2)17(18(21)22-3)20-7-5-4-6-8-20/h9-11H,4-8H2,1-3H3. The van der Waals surface area contributed by atoms with Crippen LogP contribution in [0, 0.1) is 13.8 Å². The summed E-state index contributed by atoms with van der Waals surface area (Å²) in [5.74, 6) is -0.293. The normalized spacial score (nSPS) is 19.1. The van der Waals surface area contributed by atoms with Crippen LogP contribution in [0.3, 0.4) is 0 Å². The van der Waals surface area contributed by atoms with Crippen LogP contribution in [0.15, 0.2) is 28.5 Å². The van der Waals surface area contributed by atoms with Crippen molar-refractivity contribution in [2.75, 3.05) is 20.2 Å². The molecule has 0 saturated carbocycles. The number of likely N-dealkylation sites (tertiary alicyclic amines) is 1. The van der Waals surface area contributed by atoms with Crippen molar-refractivity contribution in [2.45, 2.75) is 33.1 Å². The van der Waals surface area contributed by atoms with Crippen LogP contribution in [0.5, 0.6) is 0 Å². The first-order valence-electron chi connectivity index (χ1n) is 7.85. The number of carbonyl (C=O) groups excluding carboxylic acids is 1. The van der Waals surface area contributed by atoms with Crippen LogP contribution in [0.4, 0.5) is 0 Å². The maximum Gasteiger partial charge on any atom is 0.356 e. The molecule has 2 heterocycles. The third kappa shape index (κ3) is 2.65. The molecule has 2 aliphatic heterocycles. The molecule has 4 nitrogen and oxygen atoms in total. The third-order valence-electron chi connectivity index (χ3n) is 4.47. The fourth-order valence-corrected chi connectivity index (χ4v) is 3.08. The number of fused-ring (bicyclic) bond motifs is 1. The van der Waals surface area contributed by atoms with Gasteiger partial charge in [-0.05, 0) is 62.4 Å². The van der Waals surface area contributed by atoms with E-state index >= 15 is 0 Å². The predicted octanol–water partition coefficient (Wildman–Crippen LogP) is 1.59. The van der Waals surface area contributed by atoms with E-state index in [0.29, 0.717) is 5.70 Å². The molecule has 3 rings (SSSR count). The maximum atomic E-state index is 12.3. The first-order chi connectivity index (χ1) is 10.6. The Morgan fingerprint density at radius 1 is 1.14 bits per heavy atom. The van der Waals surface area contributed by atoms with Gasteiger partial charge in [-0.25, -0.2) is 9.79 Å². The summed E-state index contributed by atoms with van der Waals surface area (Å²) in [4.78, 5) is 19.1. The zero-order valence-corrected chi connectivity index (χ0v) is 13.5. The summed E-state index contributed by atoms with van der Waals surface area (Å²) in [6.07, 6.45) is 5.44. The maximum absolute atomic E-state index is 12.3. The van der Waals surface area contributed by atoms with Gasteiger partial charge in [0.1, 0.15) is 5.70 Å². The molecule has 0 bridgehead atoms. The van der Waals surface area contributed by atoms with Crippen LogP contribution in [0.1, 0.15) is 30.4 Å². The number of esters is 1. The molecule has 4 heteroatoms. The van der Waals surface area contributed by atoms with E-state index in [-0.39, 0.29) is 5.97 Å². The molecule has 22 heavy (non-hydrogen) atoms. The van der Waals surface area contributed by atoms with Gasteiger partial charge in [-0.15, -0.1) is 0 Å². The molecule has 0 amide bonds. The Bertz CT molecular complexity index is 713. The van der Waals surface area contributed by atoms with Crippen LogP contribution in [-0.2, 0) is 9.53 Å². The quantitative estimate of drug-likeness (QED) is 0.615. The molecule has 0 radical (unpaired) electrons. The first kappa shape index (κ1) is 14.8. The van der Waals surface area contributed by atoms with Gasteiger partial charge >= 0.3 is 5.97 Å². The Morgan fingerprint density at radius 3 is 2.50 bits per heavy atom. The Hall–Kier alpha value is -2.10. The van der Waals surface area contributed by atoms with Crippen molar-refractivity contribution in [3.05, 3.63) is 45.2 Å². The summed E-state index contributed by atoms with van der Waals surface area (Å²) < 4.78 is 5.01. The lowest BCUT2D eigenvalue weighted by Gasteiger charge is -2.29. The number of piperidine rings is 1. The summed E-state index contributed by atoms with van der Waals surface area (Å²) in [6.45, 7) is 5.97. The summed E-state index contributed by atoms with van der Waals surface area (Å²) in [5.41, 5.74) is 3.79. The van der Waals surface area contributed by atoms with E-state index < -0.39 is 0 Å². The lowest BCUT2D eigenvalue weighted by Crippen LogP contribution is -2.33. The molecule has 0 aromatic heterocycles. The summed E-state index contributed by atoms with van der Waals surface area (Å²) in [7, 11) is 1.43. The van der Waals surface area contributed by atoms with E-state index in [0.717, 1.165) is 42.2 Å². The van der Waals surface area contributed by atoms with Crippen LogP contribution < -0.4 is 10.6 Å². The van der Waals surface area contributed by atoms with Gasteiger partial charge in [0.2, 0.25) is 0 Å². The molecular formula is C18H22N2O2. The van der Waals surface area contributed by atoms with Gasteiger partial charge in [0, 0.05) is 18.3 Å². The lowest BCUT2D eigenvalue weighted by atomic mass is 10.1. The molecule has 0 spiro atoms. The largest absolute Gasteiger partial charge is 0.464 e. The number of ether oxygens (including phenoxy) is 1. The highest BCUT2D eigenvalue weighted by Gasteiger charge is 2.24. The number of aryl methyl sites for hydroxylation is 2. The molecule has 1 saturated heterocycles. The minimum absolute atomic E-state index is 0.293. The second-order valence-electron chi connectivity index (χ2n) is 6.02. The van der Waals surface area contributed by atoms with E-state index in [2.05, 4.69) is 35.9 Å². The highest BCUT2D eigenvalue weighted by Crippen LogP contribution is 2.21. The number of hydrogen-bond acceptors (Lipinski definition) is 4. The van der Waals surface area contributed by atoms with Crippen molar-refractivity contribution in [3.63, 3.8) is 0 Å². The molecule has 0 atom stereocenters. The van der Waals surface area contributed by atoms with E-state index in [1.165, 1.54) is 24.7 Å². The minimum atomic E-state index is -0.293. The Kier molecular flexibility index (Phi) is 4.01. The number of rotatable bonds is 2. The molecule has 0 unspecified atom stereocenters. The van der Waals surface area contributed by atoms with Crippen LogP contribution in [0.25, 0.3) is 6.08 Å². The lowest BCUT2D eigenvalue weighted by molar-refractivity contribution is -0.138. The summed E-state index contributed by atoms with van der Waals surface area (Å²) in [6, 6.07) is 4.21. The van der Waals surface area contributed by atoms with E-state index in [9.17, 15) is 4.79 Å². The van der Waals surface area contributed by atoms with Gasteiger partial charge in [-0.1, -0.05) is 0 Å².